The standard InChI is InChI=1S/C9H21N3O3S/c1-5-9(4,8(10)11-13)12-16(14,15)6-7(2)3/h7,12-13H,5-6H2,1-4H3,(H2,10,11). The zero-order chi connectivity index (χ0) is 13.0. The van der Waals surface area contributed by atoms with Crippen LogP contribution in [0.4, 0.5) is 0 Å². The van der Waals surface area contributed by atoms with E-state index >= 15 is 0 Å². The number of sulfonamides is 1. The Labute approximate surface area is 97.0 Å². The van der Waals surface area contributed by atoms with E-state index in [0.29, 0.717) is 6.42 Å². The molecule has 0 amide bonds. The molecule has 1 atom stereocenters. The average molecular weight is 251 g/mol. The summed E-state index contributed by atoms with van der Waals surface area (Å²) in [5, 5.41) is 11.5. The van der Waals surface area contributed by atoms with E-state index in [0.717, 1.165) is 0 Å². The van der Waals surface area contributed by atoms with Crippen molar-refractivity contribution in [2.75, 3.05) is 5.75 Å². The van der Waals surface area contributed by atoms with Crippen LogP contribution in [-0.4, -0.2) is 30.8 Å². The minimum Gasteiger partial charge on any atom is -0.409 e. The van der Waals surface area contributed by atoms with E-state index in [4.69, 9.17) is 10.9 Å². The van der Waals surface area contributed by atoms with Gasteiger partial charge in [0, 0.05) is 0 Å². The van der Waals surface area contributed by atoms with Gasteiger partial charge in [-0.05, 0) is 19.3 Å². The van der Waals surface area contributed by atoms with Gasteiger partial charge in [0.05, 0.1) is 11.3 Å². The maximum atomic E-state index is 11.7. The molecule has 96 valence electrons. The second-order valence-corrected chi connectivity index (χ2v) is 6.22. The van der Waals surface area contributed by atoms with Gasteiger partial charge in [0.15, 0.2) is 5.84 Å². The maximum Gasteiger partial charge on any atom is 0.212 e. The highest BCUT2D eigenvalue weighted by atomic mass is 32.2. The summed E-state index contributed by atoms with van der Waals surface area (Å²) in [5.74, 6) is -0.102. The van der Waals surface area contributed by atoms with Gasteiger partial charge in [-0.15, -0.1) is 0 Å². The van der Waals surface area contributed by atoms with Crippen molar-refractivity contribution in [3.8, 4) is 0 Å². The van der Waals surface area contributed by atoms with Crippen LogP contribution in [0.3, 0.4) is 0 Å². The van der Waals surface area contributed by atoms with Crippen LogP contribution in [0.5, 0.6) is 0 Å². The maximum absolute atomic E-state index is 11.7. The van der Waals surface area contributed by atoms with Crippen molar-refractivity contribution >= 4 is 15.9 Å². The fraction of sp³-hybridized carbons (Fsp3) is 0.889. The van der Waals surface area contributed by atoms with E-state index in [-0.39, 0.29) is 17.5 Å². The SMILES string of the molecule is CCC(C)(NS(=O)(=O)CC(C)C)C(N)=NO. The molecule has 0 saturated carbocycles. The Morgan fingerprint density at radius 3 is 2.38 bits per heavy atom. The molecule has 0 saturated heterocycles. The molecule has 0 aliphatic heterocycles. The fourth-order valence-corrected chi connectivity index (χ4v) is 3.14. The van der Waals surface area contributed by atoms with E-state index in [2.05, 4.69) is 9.88 Å². The number of hydrogen-bond acceptors (Lipinski definition) is 4. The Morgan fingerprint density at radius 2 is 2.06 bits per heavy atom. The van der Waals surface area contributed by atoms with E-state index in [1.165, 1.54) is 0 Å². The average Bonchev–Trinajstić information content (AvgIpc) is 2.13. The molecule has 0 fully saturated rings. The summed E-state index contributed by atoms with van der Waals surface area (Å²) in [4.78, 5) is 0. The van der Waals surface area contributed by atoms with Crippen molar-refractivity contribution in [3.05, 3.63) is 0 Å². The predicted octanol–water partition coefficient (Wildman–Crippen LogP) is 0.477. The lowest BCUT2D eigenvalue weighted by Crippen LogP contribution is -2.55. The highest BCUT2D eigenvalue weighted by molar-refractivity contribution is 7.89. The molecule has 0 aliphatic rings. The molecule has 0 aliphatic carbocycles. The van der Waals surface area contributed by atoms with Gasteiger partial charge in [-0.2, -0.15) is 0 Å². The van der Waals surface area contributed by atoms with Gasteiger partial charge in [0.25, 0.3) is 0 Å². The molecule has 0 heterocycles. The Morgan fingerprint density at radius 1 is 1.56 bits per heavy atom. The lowest BCUT2D eigenvalue weighted by atomic mass is 10.00. The second-order valence-electron chi connectivity index (χ2n) is 4.45. The van der Waals surface area contributed by atoms with Crippen molar-refractivity contribution < 1.29 is 13.6 Å². The van der Waals surface area contributed by atoms with Gasteiger partial charge in [0.2, 0.25) is 10.0 Å². The lowest BCUT2D eigenvalue weighted by molar-refractivity contribution is 0.310. The molecule has 6 nitrogen and oxygen atoms in total. The van der Waals surface area contributed by atoms with E-state index in [1.807, 2.05) is 13.8 Å². The monoisotopic (exact) mass is 251 g/mol. The molecule has 0 aromatic rings. The van der Waals surface area contributed by atoms with Crippen molar-refractivity contribution in [1.82, 2.24) is 4.72 Å². The first-order chi connectivity index (χ1) is 7.17. The number of hydrogen-bond donors (Lipinski definition) is 3. The Kier molecular flexibility index (Phi) is 5.21. The molecule has 0 aromatic heterocycles. The first-order valence-corrected chi connectivity index (χ1v) is 6.81. The van der Waals surface area contributed by atoms with Gasteiger partial charge < -0.3 is 10.9 Å². The summed E-state index contributed by atoms with van der Waals surface area (Å²) in [5.41, 5.74) is 4.43. The number of rotatable bonds is 6. The van der Waals surface area contributed by atoms with Gasteiger partial charge in [0.1, 0.15) is 0 Å². The summed E-state index contributed by atoms with van der Waals surface area (Å²) in [7, 11) is -3.43. The number of nitrogens with one attached hydrogen (secondary N) is 1. The first-order valence-electron chi connectivity index (χ1n) is 5.16. The van der Waals surface area contributed by atoms with E-state index in [1.54, 1.807) is 13.8 Å². The molecule has 16 heavy (non-hydrogen) atoms. The topological polar surface area (TPSA) is 105 Å². The quantitative estimate of drug-likeness (QED) is 0.276. The third-order valence-corrected chi connectivity index (χ3v) is 4.18. The summed E-state index contributed by atoms with van der Waals surface area (Å²) >= 11 is 0. The zero-order valence-electron chi connectivity index (χ0n) is 10.2. The lowest BCUT2D eigenvalue weighted by Gasteiger charge is -2.28. The smallest absolute Gasteiger partial charge is 0.212 e. The highest BCUT2D eigenvalue weighted by Crippen LogP contribution is 2.12. The van der Waals surface area contributed by atoms with Crippen LogP contribution >= 0.6 is 0 Å². The molecule has 0 radical (unpaired) electrons. The third kappa shape index (κ3) is 4.36. The molecule has 4 N–H and O–H groups in total. The summed E-state index contributed by atoms with van der Waals surface area (Å²) in [6.45, 7) is 6.97. The van der Waals surface area contributed by atoms with Crippen molar-refractivity contribution in [1.29, 1.82) is 0 Å². The van der Waals surface area contributed by atoms with Gasteiger partial charge in [-0.1, -0.05) is 25.9 Å². The Bertz CT molecular complexity index is 351. The predicted molar refractivity (Wildman–Crippen MR) is 63.9 cm³/mol. The Hall–Kier alpha value is -0.820. The molecule has 0 rings (SSSR count). The number of nitrogens with two attached hydrogens (primary N) is 1. The van der Waals surface area contributed by atoms with Crippen LogP contribution in [0.15, 0.2) is 5.16 Å². The fourth-order valence-electron chi connectivity index (χ4n) is 1.24. The van der Waals surface area contributed by atoms with Crippen LogP contribution < -0.4 is 10.5 Å². The summed E-state index contributed by atoms with van der Waals surface area (Å²) < 4.78 is 25.9. The van der Waals surface area contributed by atoms with Gasteiger partial charge in [-0.3, -0.25) is 0 Å². The minimum absolute atomic E-state index is 0.0152. The number of amidine groups is 1. The van der Waals surface area contributed by atoms with Gasteiger partial charge in [-0.25, -0.2) is 13.1 Å². The van der Waals surface area contributed by atoms with Crippen LogP contribution in [0, 0.1) is 5.92 Å². The van der Waals surface area contributed by atoms with Crippen molar-refractivity contribution in [2.24, 2.45) is 16.8 Å². The molecule has 0 bridgehead atoms. The van der Waals surface area contributed by atoms with Gasteiger partial charge >= 0.3 is 0 Å². The normalized spacial score (nSPS) is 17.4. The molecule has 1 unspecified atom stereocenters. The van der Waals surface area contributed by atoms with E-state index in [9.17, 15) is 8.42 Å². The largest absolute Gasteiger partial charge is 0.409 e. The van der Waals surface area contributed by atoms with Crippen LogP contribution in [-0.2, 0) is 10.0 Å². The van der Waals surface area contributed by atoms with Crippen LogP contribution in [0.25, 0.3) is 0 Å². The molecular formula is C9H21N3O3S. The molecular weight excluding hydrogens is 230 g/mol. The summed E-state index contributed by atoms with van der Waals surface area (Å²) in [6.07, 6.45) is 0.403. The molecule has 0 spiro atoms. The highest BCUT2D eigenvalue weighted by Gasteiger charge is 2.32. The van der Waals surface area contributed by atoms with Crippen LogP contribution in [0.2, 0.25) is 0 Å². The van der Waals surface area contributed by atoms with Crippen LogP contribution in [0.1, 0.15) is 34.1 Å². The Balaban J connectivity index is 4.93. The number of nitrogens with zero attached hydrogens (tertiary/aromatic N) is 1. The second kappa shape index (κ2) is 5.49. The zero-order valence-corrected chi connectivity index (χ0v) is 11.0. The van der Waals surface area contributed by atoms with Crippen molar-refractivity contribution in [2.45, 2.75) is 39.7 Å². The molecule has 0 aromatic carbocycles. The van der Waals surface area contributed by atoms with Crippen molar-refractivity contribution in [3.63, 3.8) is 0 Å². The number of oxime groups is 1. The van der Waals surface area contributed by atoms with E-state index < -0.39 is 15.6 Å². The summed E-state index contributed by atoms with van der Waals surface area (Å²) in [6, 6.07) is 0. The first kappa shape index (κ1) is 15.2. The molecule has 7 heteroatoms. The minimum atomic E-state index is -3.43. The third-order valence-electron chi connectivity index (χ3n) is 2.31.